The van der Waals surface area contributed by atoms with E-state index < -0.39 is 0 Å². The van der Waals surface area contributed by atoms with Crippen LogP contribution in [0, 0.1) is 0 Å². The van der Waals surface area contributed by atoms with Crippen LogP contribution in [0.5, 0.6) is 11.5 Å². The zero-order valence-corrected chi connectivity index (χ0v) is 13.8. The van der Waals surface area contributed by atoms with Crippen molar-refractivity contribution in [2.75, 3.05) is 14.2 Å². The molecule has 2 aromatic carbocycles. The van der Waals surface area contributed by atoms with Gasteiger partial charge in [-0.25, -0.2) is 0 Å². The largest absolute Gasteiger partial charge is 0.497 e. The van der Waals surface area contributed by atoms with Gasteiger partial charge in [0.15, 0.2) is 0 Å². The summed E-state index contributed by atoms with van der Waals surface area (Å²) in [6.45, 7) is 1.17. The number of aromatic amines is 1. The minimum Gasteiger partial charge on any atom is -0.497 e. The van der Waals surface area contributed by atoms with Gasteiger partial charge in [0.1, 0.15) is 11.5 Å². The summed E-state index contributed by atoms with van der Waals surface area (Å²) in [6, 6.07) is 15.3. The molecule has 1 aromatic heterocycles. The van der Waals surface area contributed by atoms with Crippen LogP contribution in [0.25, 0.3) is 10.9 Å². The first-order valence-electron chi connectivity index (χ1n) is 7.73. The molecule has 0 fully saturated rings. The molecule has 0 aliphatic heterocycles. The highest BCUT2D eigenvalue weighted by atomic mass is 16.5. The normalized spacial score (nSPS) is 10.8. The minimum absolute atomic E-state index is 0.0742. The number of hydrogen-bond donors (Lipinski definition) is 2. The number of H-pyrrole nitrogens is 1. The lowest BCUT2D eigenvalue weighted by atomic mass is 10.1. The molecule has 0 unspecified atom stereocenters. The standard InChI is InChI=1S/C19H20N2O3/c1-23-16-5-3-13(4-6-16)11-20-12-15-9-14-10-17(24-2)7-8-18(14)21-19(15)22/h3-10,20H,11-12H2,1-2H3,(H,21,22). The molecule has 1 heterocycles. The van der Waals surface area contributed by atoms with Crippen LogP contribution in [0.4, 0.5) is 0 Å². The Morgan fingerprint density at radius 1 is 0.917 bits per heavy atom. The van der Waals surface area contributed by atoms with Gasteiger partial charge in [0.25, 0.3) is 5.56 Å². The Labute approximate surface area is 140 Å². The number of ether oxygens (including phenoxy) is 2. The van der Waals surface area contributed by atoms with E-state index in [9.17, 15) is 4.79 Å². The summed E-state index contributed by atoms with van der Waals surface area (Å²) in [6.07, 6.45) is 0. The molecule has 24 heavy (non-hydrogen) atoms. The van der Waals surface area contributed by atoms with Crippen molar-refractivity contribution in [2.45, 2.75) is 13.1 Å². The Balaban J connectivity index is 1.71. The highest BCUT2D eigenvalue weighted by Gasteiger charge is 2.04. The second kappa shape index (κ2) is 7.19. The van der Waals surface area contributed by atoms with Gasteiger partial charge in [-0.3, -0.25) is 4.79 Å². The van der Waals surface area contributed by atoms with Crippen LogP contribution >= 0.6 is 0 Å². The Hall–Kier alpha value is -2.79. The van der Waals surface area contributed by atoms with Crippen molar-refractivity contribution in [3.63, 3.8) is 0 Å². The maximum Gasteiger partial charge on any atom is 0.252 e. The van der Waals surface area contributed by atoms with E-state index in [-0.39, 0.29) is 5.56 Å². The van der Waals surface area contributed by atoms with Gasteiger partial charge in [-0.15, -0.1) is 0 Å². The molecule has 2 N–H and O–H groups in total. The lowest BCUT2D eigenvalue weighted by molar-refractivity contribution is 0.414. The summed E-state index contributed by atoms with van der Waals surface area (Å²) in [5.74, 6) is 1.60. The molecular formula is C19H20N2O3. The van der Waals surface area contributed by atoms with Gasteiger partial charge in [-0.05, 0) is 42.0 Å². The van der Waals surface area contributed by atoms with Gasteiger partial charge in [-0.1, -0.05) is 12.1 Å². The third-order valence-corrected chi connectivity index (χ3v) is 3.93. The summed E-state index contributed by atoms with van der Waals surface area (Å²) in [7, 11) is 3.28. The van der Waals surface area contributed by atoms with Crippen molar-refractivity contribution in [1.82, 2.24) is 10.3 Å². The first-order chi connectivity index (χ1) is 11.7. The van der Waals surface area contributed by atoms with Crippen molar-refractivity contribution in [3.05, 3.63) is 70.0 Å². The SMILES string of the molecule is COc1ccc(CNCc2cc3cc(OC)ccc3[nH]c2=O)cc1. The van der Waals surface area contributed by atoms with E-state index in [4.69, 9.17) is 9.47 Å². The molecule has 5 nitrogen and oxygen atoms in total. The molecule has 0 radical (unpaired) electrons. The van der Waals surface area contributed by atoms with E-state index in [0.717, 1.165) is 28.0 Å². The third-order valence-electron chi connectivity index (χ3n) is 3.93. The molecule has 0 bridgehead atoms. The lowest BCUT2D eigenvalue weighted by Gasteiger charge is -2.08. The smallest absolute Gasteiger partial charge is 0.252 e. The van der Waals surface area contributed by atoms with Crippen molar-refractivity contribution in [1.29, 1.82) is 0 Å². The molecule has 3 rings (SSSR count). The highest BCUT2D eigenvalue weighted by Crippen LogP contribution is 2.18. The molecule has 0 amide bonds. The Morgan fingerprint density at radius 3 is 2.33 bits per heavy atom. The predicted octanol–water partition coefficient (Wildman–Crippen LogP) is 2.84. The van der Waals surface area contributed by atoms with Gasteiger partial charge in [0.2, 0.25) is 0 Å². The summed E-state index contributed by atoms with van der Waals surface area (Å²) >= 11 is 0. The van der Waals surface area contributed by atoms with Crippen LogP contribution in [0.15, 0.2) is 53.3 Å². The molecule has 124 valence electrons. The average molecular weight is 324 g/mol. The molecular weight excluding hydrogens is 304 g/mol. The number of methoxy groups -OCH3 is 2. The zero-order valence-electron chi connectivity index (χ0n) is 13.8. The van der Waals surface area contributed by atoms with Crippen LogP contribution in [-0.2, 0) is 13.1 Å². The summed E-state index contributed by atoms with van der Waals surface area (Å²) in [4.78, 5) is 15.1. The summed E-state index contributed by atoms with van der Waals surface area (Å²) in [5.41, 5.74) is 2.56. The van der Waals surface area contributed by atoms with Crippen molar-refractivity contribution >= 4 is 10.9 Å². The first kappa shape index (κ1) is 16.1. The van der Waals surface area contributed by atoms with Gasteiger partial charge >= 0.3 is 0 Å². The Bertz CT molecular complexity index is 885. The van der Waals surface area contributed by atoms with E-state index >= 15 is 0 Å². The summed E-state index contributed by atoms with van der Waals surface area (Å²) < 4.78 is 10.4. The predicted molar refractivity (Wildman–Crippen MR) is 94.7 cm³/mol. The van der Waals surface area contributed by atoms with E-state index in [1.807, 2.05) is 48.5 Å². The number of hydrogen-bond acceptors (Lipinski definition) is 4. The maximum atomic E-state index is 12.2. The Morgan fingerprint density at radius 2 is 1.62 bits per heavy atom. The fraction of sp³-hybridized carbons (Fsp3) is 0.211. The van der Waals surface area contributed by atoms with Crippen LogP contribution < -0.4 is 20.3 Å². The topological polar surface area (TPSA) is 63.4 Å². The average Bonchev–Trinajstić information content (AvgIpc) is 2.62. The van der Waals surface area contributed by atoms with Gasteiger partial charge < -0.3 is 19.8 Å². The molecule has 0 spiro atoms. The van der Waals surface area contributed by atoms with Gasteiger partial charge in [0.05, 0.1) is 14.2 Å². The highest BCUT2D eigenvalue weighted by molar-refractivity contribution is 5.80. The van der Waals surface area contributed by atoms with E-state index in [1.165, 1.54) is 0 Å². The Kier molecular flexibility index (Phi) is 4.82. The number of benzene rings is 2. The van der Waals surface area contributed by atoms with Crippen molar-refractivity contribution in [3.8, 4) is 11.5 Å². The van der Waals surface area contributed by atoms with Crippen LogP contribution in [0.3, 0.4) is 0 Å². The number of pyridine rings is 1. The van der Waals surface area contributed by atoms with E-state index in [0.29, 0.717) is 18.7 Å². The van der Waals surface area contributed by atoms with Gasteiger partial charge in [0, 0.05) is 29.6 Å². The lowest BCUT2D eigenvalue weighted by Crippen LogP contribution is -2.20. The monoisotopic (exact) mass is 324 g/mol. The van der Waals surface area contributed by atoms with E-state index in [2.05, 4.69) is 10.3 Å². The zero-order chi connectivity index (χ0) is 16.9. The third kappa shape index (κ3) is 3.58. The summed E-state index contributed by atoms with van der Waals surface area (Å²) in [5, 5.41) is 4.25. The quantitative estimate of drug-likeness (QED) is 0.732. The molecule has 3 aromatic rings. The number of rotatable bonds is 6. The van der Waals surface area contributed by atoms with Gasteiger partial charge in [-0.2, -0.15) is 0 Å². The molecule has 0 aliphatic rings. The fourth-order valence-corrected chi connectivity index (χ4v) is 2.57. The molecule has 0 atom stereocenters. The molecule has 0 saturated carbocycles. The van der Waals surface area contributed by atoms with Crippen molar-refractivity contribution < 1.29 is 9.47 Å². The second-order valence-electron chi connectivity index (χ2n) is 5.53. The van der Waals surface area contributed by atoms with Crippen LogP contribution in [-0.4, -0.2) is 19.2 Å². The number of fused-ring (bicyclic) bond motifs is 1. The molecule has 5 heteroatoms. The molecule has 0 aliphatic carbocycles. The maximum absolute atomic E-state index is 12.2. The fourth-order valence-electron chi connectivity index (χ4n) is 2.57. The van der Waals surface area contributed by atoms with E-state index in [1.54, 1.807) is 14.2 Å². The van der Waals surface area contributed by atoms with Crippen LogP contribution in [0.1, 0.15) is 11.1 Å². The van der Waals surface area contributed by atoms with Crippen molar-refractivity contribution in [2.24, 2.45) is 0 Å². The van der Waals surface area contributed by atoms with Crippen LogP contribution in [0.2, 0.25) is 0 Å². The minimum atomic E-state index is -0.0742. The molecule has 0 saturated heterocycles. The second-order valence-corrected chi connectivity index (χ2v) is 5.53. The first-order valence-corrected chi connectivity index (χ1v) is 7.73. The number of nitrogens with one attached hydrogen (secondary N) is 2. The number of aromatic nitrogens is 1.